The van der Waals surface area contributed by atoms with E-state index in [-0.39, 0.29) is 0 Å². The zero-order valence-corrected chi connectivity index (χ0v) is 11.0. The molecule has 0 aromatic heterocycles. The maximum Gasteiger partial charge on any atom is 0.120 e. The van der Waals surface area contributed by atoms with Gasteiger partial charge in [0.2, 0.25) is 0 Å². The Labute approximate surface area is 100.0 Å². The summed E-state index contributed by atoms with van der Waals surface area (Å²) in [6, 6.07) is 8.20. The minimum absolute atomic E-state index is 0.688. The van der Waals surface area contributed by atoms with Gasteiger partial charge in [0, 0.05) is 3.57 Å². The van der Waals surface area contributed by atoms with Crippen molar-refractivity contribution in [2.75, 3.05) is 6.61 Å². The van der Waals surface area contributed by atoms with Crippen molar-refractivity contribution in [1.29, 1.82) is 0 Å². The van der Waals surface area contributed by atoms with Crippen LogP contribution in [0.3, 0.4) is 0 Å². The molecule has 0 bridgehead atoms. The molecule has 0 saturated heterocycles. The third kappa shape index (κ3) is 3.86. The van der Waals surface area contributed by atoms with Crippen LogP contribution in [0, 0.1) is 9.49 Å². The number of halogens is 1. The first-order valence-electron chi connectivity index (χ1n) is 5.14. The minimum atomic E-state index is 0.688. The highest BCUT2D eigenvalue weighted by atomic mass is 127. The highest BCUT2D eigenvalue weighted by molar-refractivity contribution is 14.1. The van der Waals surface area contributed by atoms with Crippen LogP contribution in [0.1, 0.15) is 26.7 Å². The summed E-state index contributed by atoms with van der Waals surface area (Å²) in [4.78, 5) is 0. The van der Waals surface area contributed by atoms with Gasteiger partial charge >= 0.3 is 0 Å². The molecule has 1 aromatic carbocycles. The fraction of sp³-hybridized carbons (Fsp3) is 0.500. The molecular formula is C12H17IO. The fourth-order valence-corrected chi connectivity index (χ4v) is 1.81. The first-order chi connectivity index (χ1) is 6.76. The predicted molar refractivity (Wildman–Crippen MR) is 68.7 cm³/mol. The van der Waals surface area contributed by atoms with E-state index in [1.807, 2.05) is 12.1 Å². The molecule has 1 aromatic rings. The largest absolute Gasteiger partial charge is 0.493 e. The maximum absolute atomic E-state index is 5.73. The second-order valence-corrected chi connectivity index (χ2v) is 4.70. The molecule has 0 N–H and O–H groups in total. The number of hydrogen-bond donors (Lipinski definition) is 0. The van der Waals surface area contributed by atoms with Crippen molar-refractivity contribution in [2.24, 2.45) is 5.92 Å². The van der Waals surface area contributed by atoms with Crippen LogP contribution >= 0.6 is 22.6 Å². The second kappa shape index (κ2) is 6.27. The molecule has 0 fully saturated rings. The summed E-state index contributed by atoms with van der Waals surface area (Å²) in [5, 5.41) is 0. The summed E-state index contributed by atoms with van der Waals surface area (Å²) in [6.45, 7) is 5.27. The summed E-state index contributed by atoms with van der Waals surface area (Å²) < 4.78 is 6.95. The van der Waals surface area contributed by atoms with Gasteiger partial charge in [-0.3, -0.25) is 0 Å². The quantitative estimate of drug-likeness (QED) is 0.744. The van der Waals surface area contributed by atoms with Crippen molar-refractivity contribution in [3.63, 3.8) is 0 Å². The molecule has 0 aliphatic rings. The Hall–Kier alpha value is -0.250. The van der Waals surface area contributed by atoms with Crippen LogP contribution in [0.5, 0.6) is 5.75 Å². The SMILES string of the molecule is CCC(CC)COc1cccc(I)c1. The minimum Gasteiger partial charge on any atom is -0.493 e. The number of benzene rings is 1. The normalized spacial score (nSPS) is 10.6. The van der Waals surface area contributed by atoms with Crippen molar-refractivity contribution in [2.45, 2.75) is 26.7 Å². The zero-order valence-electron chi connectivity index (χ0n) is 8.79. The first kappa shape index (κ1) is 11.8. The molecule has 14 heavy (non-hydrogen) atoms. The average Bonchev–Trinajstić information content (AvgIpc) is 2.19. The molecule has 1 nitrogen and oxygen atoms in total. The Balaban J connectivity index is 2.44. The summed E-state index contributed by atoms with van der Waals surface area (Å²) >= 11 is 2.30. The monoisotopic (exact) mass is 304 g/mol. The van der Waals surface area contributed by atoms with Crippen molar-refractivity contribution < 1.29 is 4.74 Å². The lowest BCUT2D eigenvalue weighted by atomic mass is 10.1. The lowest BCUT2D eigenvalue weighted by Gasteiger charge is -2.13. The molecule has 0 atom stereocenters. The topological polar surface area (TPSA) is 9.23 Å². The van der Waals surface area contributed by atoms with Gasteiger partial charge < -0.3 is 4.74 Å². The van der Waals surface area contributed by atoms with E-state index >= 15 is 0 Å². The Morgan fingerprint density at radius 2 is 2.00 bits per heavy atom. The Kier molecular flexibility index (Phi) is 5.30. The average molecular weight is 304 g/mol. The lowest BCUT2D eigenvalue weighted by molar-refractivity contribution is 0.240. The summed E-state index contributed by atoms with van der Waals surface area (Å²) in [5.41, 5.74) is 0. The van der Waals surface area contributed by atoms with Crippen LogP contribution < -0.4 is 4.74 Å². The highest BCUT2D eigenvalue weighted by Crippen LogP contribution is 2.17. The van der Waals surface area contributed by atoms with E-state index in [1.54, 1.807) is 0 Å². The molecule has 78 valence electrons. The molecule has 0 unspecified atom stereocenters. The molecule has 0 saturated carbocycles. The van der Waals surface area contributed by atoms with Gasteiger partial charge in [-0.25, -0.2) is 0 Å². The van der Waals surface area contributed by atoms with Crippen molar-refractivity contribution in [1.82, 2.24) is 0 Å². The zero-order chi connectivity index (χ0) is 10.4. The second-order valence-electron chi connectivity index (χ2n) is 3.45. The number of rotatable bonds is 5. The van der Waals surface area contributed by atoms with Crippen LogP contribution in [0.2, 0.25) is 0 Å². The van der Waals surface area contributed by atoms with Gasteiger partial charge in [-0.05, 0) is 46.7 Å². The van der Waals surface area contributed by atoms with Crippen LogP contribution in [0.25, 0.3) is 0 Å². The molecule has 0 aliphatic carbocycles. The fourth-order valence-electron chi connectivity index (χ4n) is 1.30. The number of hydrogen-bond acceptors (Lipinski definition) is 1. The Bertz CT molecular complexity index is 269. The Morgan fingerprint density at radius 1 is 1.29 bits per heavy atom. The van der Waals surface area contributed by atoms with E-state index in [0.29, 0.717) is 5.92 Å². The summed E-state index contributed by atoms with van der Waals surface area (Å²) in [6.07, 6.45) is 2.39. The van der Waals surface area contributed by atoms with Gasteiger partial charge in [0.25, 0.3) is 0 Å². The van der Waals surface area contributed by atoms with Crippen LogP contribution in [-0.4, -0.2) is 6.61 Å². The van der Waals surface area contributed by atoms with E-state index in [1.165, 1.54) is 16.4 Å². The lowest BCUT2D eigenvalue weighted by Crippen LogP contribution is -2.09. The van der Waals surface area contributed by atoms with E-state index < -0.39 is 0 Å². The molecule has 2 heteroatoms. The van der Waals surface area contributed by atoms with Gasteiger partial charge in [0.15, 0.2) is 0 Å². The van der Waals surface area contributed by atoms with Crippen LogP contribution in [0.4, 0.5) is 0 Å². The van der Waals surface area contributed by atoms with E-state index in [9.17, 15) is 0 Å². The molecule has 0 spiro atoms. The smallest absolute Gasteiger partial charge is 0.120 e. The highest BCUT2D eigenvalue weighted by Gasteiger charge is 2.04. The van der Waals surface area contributed by atoms with Crippen LogP contribution in [0.15, 0.2) is 24.3 Å². The summed E-state index contributed by atoms with van der Waals surface area (Å²) in [7, 11) is 0. The molecule has 0 amide bonds. The molecule has 0 radical (unpaired) electrons. The van der Waals surface area contributed by atoms with E-state index in [2.05, 4.69) is 48.6 Å². The first-order valence-corrected chi connectivity index (χ1v) is 6.22. The van der Waals surface area contributed by atoms with Gasteiger partial charge in [-0.1, -0.05) is 32.8 Å². The van der Waals surface area contributed by atoms with Crippen LogP contribution in [-0.2, 0) is 0 Å². The predicted octanol–water partition coefficient (Wildman–Crippen LogP) is 4.11. The third-order valence-corrected chi connectivity index (χ3v) is 3.11. The maximum atomic E-state index is 5.73. The third-order valence-electron chi connectivity index (χ3n) is 2.44. The summed E-state index contributed by atoms with van der Waals surface area (Å²) in [5.74, 6) is 1.68. The van der Waals surface area contributed by atoms with Gasteiger partial charge in [-0.15, -0.1) is 0 Å². The van der Waals surface area contributed by atoms with Crippen molar-refractivity contribution >= 4 is 22.6 Å². The Morgan fingerprint density at radius 3 is 2.57 bits per heavy atom. The van der Waals surface area contributed by atoms with Crippen molar-refractivity contribution in [3.8, 4) is 5.75 Å². The molecule has 0 aliphatic heterocycles. The molecular weight excluding hydrogens is 287 g/mol. The van der Waals surface area contributed by atoms with E-state index in [4.69, 9.17) is 4.74 Å². The molecule has 0 heterocycles. The van der Waals surface area contributed by atoms with Gasteiger partial charge in [-0.2, -0.15) is 0 Å². The standard InChI is InChI=1S/C12H17IO/c1-3-10(4-2)9-14-12-7-5-6-11(13)8-12/h5-8,10H,3-4,9H2,1-2H3. The van der Waals surface area contributed by atoms with Crippen molar-refractivity contribution in [3.05, 3.63) is 27.8 Å². The molecule has 1 rings (SSSR count). The van der Waals surface area contributed by atoms with Gasteiger partial charge in [0.05, 0.1) is 6.61 Å². The number of ether oxygens (including phenoxy) is 1. The van der Waals surface area contributed by atoms with Gasteiger partial charge in [0.1, 0.15) is 5.75 Å². The van der Waals surface area contributed by atoms with E-state index in [0.717, 1.165) is 12.4 Å².